The van der Waals surface area contributed by atoms with Crippen LogP contribution in [0.25, 0.3) is 0 Å². The molecule has 0 saturated carbocycles. The summed E-state index contributed by atoms with van der Waals surface area (Å²) in [7, 11) is 0. The molecule has 6 heteroatoms. The van der Waals surface area contributed by atoms with Gasteiger partial charge in [0.2, 0.25) is 5.91 Å². The predicted molar refractivity (Wildman–Crippen MR) is 64.8 cm³/mol. The molecule has 94 valence electrons. The fourth-order valence-corrected chi connectivity index (χ4v) is 1.53. The highest BCUT2D eigenvalue weighted by atomic mass is 35.5. The van der Waals surface area contributed by atoms with E-state index in [-0.39, 0.29) is 13.2 Å². The molecule has 0 spiro atoms. The van der Waals surface area contributed by atoms with Crippen LogP contribution in [0.1, 0.15) is 15.9 Å². The van der Waals surface area contributed by atoms with Crippen LogP contribution in [-0.4, -0.2) is 35.4 Å². The minimum atomic E-state index is -0.793. The number of hydrogen-bond donors (Lipinski definition) is 4. The van der Waals surface area contributed by atoms with Gasteiger partial charge in [0.15, 0.2) is 0 Å². The fourth-order valence-electron chi connectivity index (χ4n) is 1.28. The van der Waals surface area contributed by atoms with Crippen LogP contribution < -0.4 is 11.1 Å². The first-order valence-electron chi connectivity index (χ1n) is 5.12. The molecule has 0 aliphatic carbocycles. The van der Waals surface area contributed by atoms with Crippen LogP contribution in [0.5, 0.6) is 0 Å². The Morgan fingerprint density at radius 2 is 2.24 bits per heavy atom. The molecule has 1 atom stereocenters. The number of nitrogens with two attached hydrogens (primary N) is 1. The first-order valence-corrected chi connectivity index (χ1v) is 5.50. The van der Waals surface area contributed by atoms with E-state index in [0.717, 1.165) is 5.56 Å². The third kappa shape index (κ3) is 4.32. The summed E-state index contributed by atoms with van der Waals surface area (Å²) in [6.45, 7) is 0.417. The number of rotatable bonds is 6. The van der Waals surface area contributed by atoms with Crippen LogP contribution in [0.3, 0.4) is 0 Å². The lowest BCUT2D eigenvalue weighted by Crippen LogP contribution is -2.29. The second kappa shape index (κ2) is 6.56. The maximum Gasteiger partial charge on any atom is 0.248 e. The zero-order valence-electron chi connectivity index (χ0n) is 9.19. The molecular weight excluding hydrogens is 244 g/mol. The molecule has 1 amide bonds. The highest BCUT2D eigenvalue weighted by Crippen LogP contribution is 2.17. The first kappa shape index (κ1) is 13.9. The Morgan fingerprint density at radius 3 is 2.76 bits per heavy atom. The highest BCUT2D eigenvalue weighted by molar-refractivity contribution is 6.31. The van der Waals surface area contributed by atoms with Crippen LogP contribution in [0.15, 0.2) is 18.2 Å². The minimum absolute atomic E-state index is 0.268. The average Bonchev–Trinajstić information content (AvgIpc) is 2.30. The van der Waals surface area contributed by atoms with Crippen molar-refractivity contribution in [2.75, 3.05) is 13.2 Å². The van der Waals surface area contributed by atoms with Crippen molar-refractivity contribution < 1.29 is 15.0 Å². The maximum atomic E-state index is 10.9. The van der Waals surface area contributed by atoms with Gasteiger partial charge in [-0.25, -0.2) is 0 Å². The van der Waals surface area contributed by atoms with E-state index < -0.39 is 12.0 Å². The van der Waals surface area contributed by atoms with Gasteiger partial charge >= 0.3 is 0 Å². The molecule has 1 rings (SSSR count). The summed E-state index contributed by atoms with van der Waals surface area (Å²) in [6.07, 6.45) is -0.793. The molecule has 1 aromatic rings. The van der Waals surface area contributed by atoms with E-state index in [1.807, 2.05) is 0 Å². The van der Waals surface area contributed by atoms with E-state index in [9.17, 15) is 4.79 Å². The number of amides is 1. The van der Waals surface area contributed by atoms with Gasteiger partial charge in [-0.2, -0.15) is 0 Å². The fraction of sp³-hybridized carbons (Fsp3) is 0.364. The zero-order chi connectivity index (χ0) is 12.8. The predicted octanol–water partition coefficient (Wildman–Crippen LogP) is -0.118. The van der Waals surface area contributed by atoms with Crippen molar-refractivity contribution in [3.8, 4) is 0 Å². The number of aliphatic hydroxyl groups is 2. The van der Waals surface area contributed by atoms with Crippen molar-refractivity contribution in [3.05, 3.63) is 34.3 Å². The molecule has 0 heterocycles. The van der Waals surface area contributed by atoms with Crippen molar-refractivity contribution in [1.82, 2.24) is 5.32 Å². The van der Waals surface area contributed by atoms with Gasteiger partial charge in [-0.3, -0.25) is 4.79 Å². The number of nitrogens with one attached hydrogen (secondary N) is 1. The smallest absolute Gasteiger partial charge is 0.248 e. The van der Waals surface area contributed by atoms with Gasteiger partial charge in [-0.05, 0) is 17.7 Å². The summed E-state index contributed by atoms with van der Waals surface area (Å²) < 4.78 is 0. The molecule has 1 unspecified atom stereocenters. The standard InChI is InChI=1S/C11H15ClN2O3/c12-10-3-7(11(13)17)1-2-8(10)4-14-5-9(16)6-15/h1-3,9,14-16H,4-6H2,(H2,13,17). The molecule has 0 aliphatic heterocycles. The number of carbonyl (C=O) groups is 1. The number of benzene rings is 1. The Kier molecular flexibility index (Phi) is 5.37. The summed E-state index contributed by atoms with van der Waals surface area (Å²) in [5.41, 5.74) is 6.27. The molecule has 5 nitrogen and oxygen atoms in total. The van der Waals surface area contributed by atoms with Gasteiger partial charge in [-0.15, -0.1) is 0 Å². The van der Waals surface area contributed by atoms with Crippen molar-refractivity contribution in [1.29, 1.82) is 0 Å². The van der Waals surface area contributed by atoms with Gasteiger partial charge < -0.3 is 21.3 Å². The van der Waals surface area contributed by atoms with Gasteiger partial charge in [0.25, 0.3) is 0 Å². The quantitative estimate of drug-likeness (QED) is 0.572. The second-order valence-corrected chi connectivity index (χ2v) is 4.04. The number of halogens is 1. The summed E-state index contributed by atoms with van der Waals surface area (Å²) in [5.74, 6) is -0.526. The van der Waals surface area contributed by atoms with Crippen molar-refractivity contribution in [2.45, 2.75) is 12.6 Å². The van der Waals surface area contributed by atoms with Crippen molar-refractivity contribution in [3.63, 3.8) is 0 Å². The Balaban J connectivity index is 2.57. The lowest BCUT2D eigenvalue weighted by molar-refractivity contribution is 0.0942. The Bertz CT molecular complexity index is 398. The number of primary amides is 1. The molecule has 0 saturated heterocycles. The second-order valence-electron chi connectivity index (χ2n) is 3.64. The Morgan fingerprint density at radius 1 is 1.53 bits per heavy atom. The average molecular weight is 259 g/mol. The molecule has 0 fully saturated rings. The molecule has 0 aliphatic rings. The number of hydrogen-bond acceptors (Lipinski definition) is 4. The molecule has 17 heavy (non-hydrogen) atoms. The minimum Gasteiger partial charge on any atom is -0.394 e. The Hall–Kier alpha value is -1.14. The number of aliphatic hydroxyl groups excluding tert-OH is 2. The van der Waals surface area contributed by atoms with E-state index in [2.05, 4.69) is 5.32 Å². The van der Waals surface area contributed by atoms with Crippen LogP contribution in [0.4, 0.5) is 0 Å². The normalized spacial score (nSPS) is 12.4. The topological polar surface area (TPSA) is 95.6 Å². The molecule has 5 N–H and O–H groups in total. The largest absolute Gasteiger partial charge is 0.394 e. The third-order valence-corrected chi connectivity index (χ3v) is 2.60. The highest BCUT2D eigenvalue weighted by Gasteiger charge is 2.06. The SMILES string of the molecule is NC(=O)c1ccc(CNCC(O)CO)c(Cl)c1. The Labute approximate surface area is 104 Å². The van der Waals surface area contributed by atoms with Crippen LogP contribution in [-0.2, 0) is 6.54 Å². The summed E-state index contributed by atoms with van der Waals surface area (Å²) in [5, 5.41) is 21.1. The van der Waals surface area contributed by atoms with E-state index in [4.69, 9.17) is 27.5 Å². The zero-order valence-corrected chi connectivity index (χ0v) is 9.94. The van der Waals surface area contributed by atoms with Gasteiger partial charge in [-0.1, -0.05) is 17.7 Å². The van der Waals surface area contributed by atoms with Crippen LogP contribution in [0, 0.1) is 0 Å². The molecule has 0 aromatic heterocycles. The first-order chi connectivity index (χ1) is 8.04. The lowest BCUT2D eigenvalue weighted by atomic mass is 10.1. The van der Waals surface area contributed by atoms with Gasteiger partial charge in [0.05, 0.1) is 12.7 Å². The van der Waals surface area contributed by atoms with Crippen molar-refractivity contribution >= 4 is 17.5 Å². The molecule has 0 radical (unpaired) electrons. The van der Waals surface area contributed by atoms with E-state index in [1.165, 1.54) is 6.07 Å². The van der Waals surface area contributed by atoms with Crippen LogP contribution in [0.2, 0.25) is 5.02 Å². The molecule has 1 aromatic carbocycles. The third-order valence-electron chi connectivity index (χ3n) is 2.24. The molecule has 0 bridgehead atoms. The van der Waals surface area contributed by atoms with E-state index >= 15 is 0 Å². The summed E-state index contributed by atoms with van der Waals surface area (Å²) in [4.78, 5) is 10.9. The van der Waals surface area contributed by atoms with E-state index in [0.29, 0.717) is 17.1 Å². The van der Waals surface area contributed by atoms with Gasteiger partial charge in [0, 0.05) is 23.7 Å². The van der Waals surface area contributed by atoms with Crippen molar-refractivity contribution in [2.24, 2.45) is 5.73 Å². The van der Waals surface area contributed by atoms with E-state index in [1.54, 1.807) is 12.1 Å². The monoisotopic (exact) mass is 258 g/mol. The maximum absolute atomic E-state index is 10.9. The lowest BCUT2D eigenvalue weighted by Gasteiger charge is -2.10. The van der Waals surface area contributed by atoms with Gasteiger partial charge in [0.1, 0.15) is 0 Å². The van der Waals surface area contributed by atoms with Crippen LogP contribution >= 0.6 is 11.6 Å². The summed E-state index contributed by atoms with van der Waals surface area (Å²) in [6, 6.07) is 4.79. The summed E-state index contributed by atoms with van der Waals surface area (Å²) >= 11 is 5.96. The number of carbonyl (C=O) groups excluding carboxylic acids is 1. The molecular formula is C11H15ClN2O3.